The Kier molecular flexibility index (Phi) is 5.12. The summed E-state index contributed by atoms with van der Waals surface area (Å²) in [7, 11) is 0. The molecule has 108 valence electrons. The lowest BCUT2D eigenvalue weighted by atomic mass is 9.89. The SMILES string of the molecule is NC(=O)[C@H](NNC(=O)C1CCCCC1)c1ccccc1. The molecule has 20 heavy (non-hydrogen) atoms. The van der Waals surface area contributed by atoms with Crippen molar-refractivity contribution in [2.45, 2.75) is 38.1 Å². The number of nitrogens with two attached hydrogens (primary N) is 1. The Hall–Kier alpha value is -1.88. The van der Waals surface area contributed by atoms with Crippen molar-refractivity contribution in [1.82, 2.24) is 10.9 Å². The van der Waals surface area contributed by atoms with Gasteiger partial charge in [0.05, 0.1) is 0 Å². The highest BCUT2D eigenvalue weighted by Gasteiger charge is 2.23. The standard InChI is InChI=1S/C15H21N3O2/c16-14(19)13(11-7-3-1-4-8-11)17-18-15(20)12-9-5-2-6-10-12/h1,3-4,7-8,12-13,17H,2,5-6,9-10H2,(H2,16,19)(H,18,20)/t13-/m1/s1. The van der Waals surface area contributed by atoms with E-state index in [0.717, 1.165) is 31.2 Å². The van der Waals surface area contributed by atoms with E-state index in [1.165, 1.54) is 6.42 Å². The first kappa shape index (κ1) is 14.5. The molecule has 1 aliphatic rings. The molecule has 2 amide bonds. The van der Waals surface area contributed by atoms with Crippen LogP contribution in [0.25, 0.3) is 0 Å². The predicted octanol–water partition coefficient (Wildman–Crippen LogP) is 1.41. The van der Waals surface area contributed by atoms with Crippen molar-refractivity contribution >= 4 is 11.8 Å². The van der Waals surface area contributed by atoms with Gasteiger partial charge >= 0.3 is 0 Å². The first-order valence-electron chi connectivity index (χ1n) is 7.08. The Morgan fingerprint density at radius 1 is 1.10 bits per heavy atom. The maximum Gasteiger partial charge on any atom is 0.240 e. The van der Waals surface area contributed by atoms with Crippen LogP contribution in [0.5, 0.6) is 0 Å². The largest absolute Gasteiger partial charge is 0.368 e. The average molecular weight is 275 g/mol. The molecule has 1 aliphatic carbocycles. The molecular weight excluding hydrogens is 254 g/mol. The van der Waals surface area contributed by atoms with Crippen molar-refractivity contribution in [2.24, 2.45) is 11.7 Å². The monoisotopic (exact) mass is 275 g/mol. The van der Waals surface area contributed by atoms with Crippen LogP contribution in [0.15, 0.2) is 30.3 Å². The predicted molar refractivity (Wildman–Crippen MR) is 76.2 cm³/mol. The van der Waals surface area contributed by atoms with E-state index in [9.17, 15) is 9.59 Å². The second kappa shape index (κ2) is 7.05. The molecule has 5 nitrogen and oxygen atoms in total. The molecule has 0 aromatic heterocycles. The van der Waals surface area contributed by atoms with Gasteiger partial charge in [-0.2, -0.15) is 0 Å². The zero-order valence-electron chi connectivity index (χ0n) is 11.5. The van der Waals surface area contributed by atoms with Gasteiger partial charge in [-0.1, -0.05) is 49.6 Å². The van der Waals surface area contributed by atoms with Gasteiger partial charge in [0, 0.05) is 5.92 Å². The van der Waals surface area contributed by atoms with Gasteiger partial charge in [-0.25, -0.2) is 5.43 Å². The topological polar surface area (TPSA) is 84.2 Å². The number of primary amides is 1. The average Bonchev–Trinajstić information content (AvgIpc) is 2.49. The summed E-state index contributed by atoms with van der Waals surface area (Å²) in [5.41, 5.74) is 11.5. The van der Waals surface area contributed by atoms with E-state index in [1.807, 2.05) is 18.2 Å². The van der Waals surface area contributed by atoms with Gasteiger partial charge in [-0.05, 0) is 18.4 Å². The van der Waals surface area contributed by atoms with Crippen LogP contribution >= 0.6 is 0 Å². The number of rotatable bonds is 5. The minimum Gasteiger partial charge on any atom is -0.368 e. The molecule has 0 aliphatic heterocycles. The summed E-state index contributed by atoms with van der Waals surface area (Å²) in [4.78, 5) is 23.5. The molecule has 0 heterocycles. The van der Waals surface area contributed by atoms with Crippen molar-refractivity contribution in [3.63, 3.8) is 0 Å². The molecule has 1 fully saturated rings. The first-order chi connectivity index (χ1) is 9.68. The summed E-state index contributed by atoms with van der Waals surface area (Å²) in [5, 5.41) is 0. The third-order valence-electron chi connectivity index (χ3n) is 3.73. The molecular formula is C15H21N3O2. The lowest BCUT2D eigenvalue weighted by Gasteiger charge is -2.23. The van der Waals surface area contributed by atoms with Gasteiger partial charge in [0.2, 0.25) is 11.8 Å². The summed E-state index contributed by atoms with van der Waals surface area (Å²) in [5.74, 6) is -0.521. The number of hydrazine groups is 1. The number of amides is 2. The minimum atomic E-state index is -0.705. The normalized spacial score (nSPS) is 17.4. The van der Waals surface area contributed by atoms with Gasteiger partial charge in [-0.3, -0.25) is 15.0 Å². The molecule has 0 radical (unpaired) electrons. The van der Waals surface area contributed by atoms with Crippen LogP contribution in [-0.2, 0) is 9.59 Å². The van der Waals surface area contributed by atoms with Crippen molar-refractivity contribution in [3.8, 4) is 0 Å². The summed E-state index contributed by atoms with van der Waals surface area (Å²) in [6.45, 7) is 0. The molecule has 1 aromatic rings. The highest BCUT2D eigenvalue weighted by molar-refractivity contribution is 5.83. The maximum absolute atomic E-state index is 12.0. The van der Waals surface area contributed by atoms with Gasteiger partial charge in [0.15, 0.2) is 0 Å². The third kappa shape index (κ3) is 3.81. The molecule has 2 rings (SSSR count). The number of hydrogen-bond acceptors (Lipinski definition) is 3. The molecule has 0 bridgehead atoms. The first-order valence-corrected chi connectivity index (χ1v) is 7.08. The zero-order chi connectivity index (χ0) is 14.4. The van der Waals surface area contributed by atoms with Crippen LogP contribution in [0.3, 0.4) is 0 Å². The van der Waals surface area contributed by atoms with Crippen LogP contribution in [0.2, 0.25) is 0 Å². The molecule has 0 saturated heterocycles. The van der Waals surface area contributed by atoms with E-state index >= 15 is 0 Å². The molecule has 1 atom stereocenters. The van der Waals surface area contributed by atoms with Crippen LogP contribution in [0.4, 0.5) is 0 Å². The second-order valence-electron chi connectivity index (χ2n) is 5.21. The van der Waals surface area contributed by atoms with Crippen molar-refractivity contribution in [1.29, 1.82) is 0 Å². The molecule has 0 spiro atoms. The van der Waals surface area contributed by atoms with Crippen molar-refractivity contribution in [2.75, 3.05) is 0 Å². The summed E-state index contributed by atoms with van der Waals surface area (Å²) >= 11 is 0. The van der Waals surface area contributed by atoms with E-state index in [-0.39, 0.29) is 11.8 Å². The Morgan fingerprint density at radius 3 is 2.35 bits per heavy atom. The lowest BCUT2D eigenvalue weighted by Crippen LogP contribution is -2.47. The second-order valence-corrected chi connectivity index (χ2v) is 5.21. The number of nitrogens with one attached hydrogen (secondary N) is 2. The summed E-state index contributed by atoms with van der Waals surface area (Å²) in [6, 6.07) is 8.42. The number of hydrogen-bond donors (Lipinski definition) is 3. The number of carbonyl (C=O) groups is 2. The van der Waals surface area contributed by atoms with Crippen LogP contribution in [0.1, 0.15) is 43.7 Å². The zero-order valence-corrected chi connectivity index (χ0v) is 11.5. The van der Waals surface area contributed by atoms with Gasteiger partial charge in [0.1, 0.15) is 6.04 Å². The Bertz CT molecular complexity index is 455. The van der Waals surface area contributed by atoms with Crippen molar-refractivity contribution < 1.29 is 9.59 Å². The molecule has 4 N–H and O–H groups in total. The fourth-order valence-corrected chi connectivity index (χ4v) is 2.57. The highest BCUT2D eigenvalue weighted by atomic mass is 16.2. The van der Waals surface area contributed by atoms with Crippen LogP contribution < -0.4 is 16.6 Å². The minimum absolute atomic E-state index is 0.0422. The van der Waals surface area contributed by atoms with Crippen LogP contribution in [0, 0.1) is 5.92 Å². The van der Waals surface area contributed by atoms with E-state index in [2.05, 4.69) is 10.9 Å². The molecule has 1 aromatic carbocycles. The Labute approximate surface area is 118 Å². The number of benzene rings is 1. The Balaban J connectivity index is 1.92. The van der Waals surface area contributed by atoms with E-state index in [1.54, 1.807) is 12.1 Å². The molecule has 1 saturated carbocycles. The summed E-state index contributed by atoms with van der Waals surface area (Å²) in [6.07, 6.45) is 5.22. The Morgan fingerprint density at radius 2 is 1.75 bits per heavy atom. The van der Waals surface area contributed by atoms with Gasteiger partial charge in [-0.15, -0.1) is 0 Å². The quantitative estimate of drug-likeness (QED) is 0.710. The van der Waals surface area contributed by atoms with E-state index in [4.69, 9.17) is 5.73 Å². The van der Waals surface area contributed by atoms with Gasteiger partial charge in [0.25, 0.3) is 0 Å². The highest BCUT2D eigenvalue weighted by Crippen LogP contribution is 2.23. The molecule has 0 unspecified atom stereocenters. The van der Waals surface area contributed by atoms with E-state index in [0.29, 0.717) is 0 Å². The third-order valence-corrected chi connectivity index (χ3v) is 3.73. The van der Waals surface area contributed by atoms with E-state index < -0.39 is 11.9 Å². The maximum atomic E-state index is 12.0. The lowest BCUT2D eigenvalue weighted by molar-refractivity contribution is -0.128. The van der Waals surface area contributed by atoms with Crippen molar-refractivity contribution in [3.05, 3.63) is 35.9 Å². The fourth-order valence-electron chi connectivity index (χ4n) is 2.57. The molecule has 5 heteroatoms. The number of carbonyl (C=O) groups excluding carboxylic acids is 2. The van der Waals surface area contributed by atoms with Gasteiger partial charge < -0.3 is 5.73 Å². The summed E-state index contributed by atoms with van der Waals surface area (Å²) < 4.78 is 0. The van der Waals surface area contributed by atoms with Crippen LogP contribution in [-0.4, -0.2) is 11.8 Å². The fraction of sp³-hybridized carbons (Fsp3) is 0.467. The smallest absolute Gasteiger partial charge is 0.240 e.